The molecule has 3 aliphatic rings. The molecule has 2 amide bonds. The van der Waals surface area contributed by atoms with Crippen molar-refractivity contribution >= 4 is 33.2 Å². The number of carbonyl (C=O) groups is 2. The van der Waals surface area contributed by atoms with Crippen molar-refractivity contribution in [2.75, 3.05) is 32.7 Å². The largest absolute Gasteiger partial charge is 0.347 e. The van der Waals surface area contributed by atoms with Crippen LogP contribution in [0, 0.1) is 5.92 Å². The summed E-state index contributed by atoms with van der Waals surface area (Å²) >= 11 is 1.52. The van der Waals surface area contributed by atoms with Crippen LogP contribution in [-0.2, 0) is 0 Å². The lowest BCUT2D eigenvalue weighted by molar-refractivity contribution is 0.0726. The van der Waals surface area contributed by atoms with Gasteiger partial charge in [-0.25, -0.2) is 4.98 Å². The number of nitrogens with zero attached hydrogens (tertiary/aromatic N) is 3. The first-order chi connectivity index (χ1) is 13.7. The van der Waals surface area contributed by atoms with Crippen LogP contribution in [0.4, 0.5) is 0 Å². The number of fused-ring (bicyclic) bond motifs is 3. The molecule has 3 saturated heterocycles. The van der Waals surface area contributed by atoms with E-state index in [1.807, 2.05) is 10.3 Å². The van der Waals surface area contributed by atoms with Gasteiger partial charge in [-0.15, -0.1) is 11.3 Å². The van der Waals surface area contributed by atoms with Crippen LogP contribution in [0.25, 0.3) is 10.1 Å². The third kappa shape index (κ3) is 3.42. The van der Waals surface area contributed by atoms with Gasteiger partial charge in [0.05, 0.1) is 10.3 Å². The van der Waals surface area contributed by atoms with E-state index in [0.29, 0.717) is 17.2 Å². The molecule has 2 aromatic heterocycles. The Bertz CT molecular complexity index is 893. The first-order valence-electron chi connectivity index (χ1n) is 10.4. The number of amides is 2. The first kappa shape index (κ1) is 18.1. The molecule has 0 saturated carbocycles. The number of hydrogen-bond acceptors (Lipinski definition) is 5. The number of pyridine rings is 1. The van der Waals surface area contributed by atoms with Crippen LogP contribution in [0.5, 0.6) is 0 Å². The highest BCUT2D eigenvalue weighted by atomic mass is 32.1. The Morgan fingerprint density at radius 1 is 1.14 bits per heavy atom. The Morgan fingerprint density at radius 2 is 2.00 bits per heavy atom. The summed E-state index contributed by atoms with van der Waals surface area (Å²) in [5.74, 6) is 0.664. The first-order valence-corrected chi connectivity index (χ1v) is 11.2. The zero-order valence-corrected chi connectivity index (χ0v) is 16.8. The number of nitrogens with one attached hydrogen (secondary N) is 1. The van der Waals surface area contributed by atoms with Crippen LogP contribution in [-0.4, -0.2) is 65.4 Å². The molecule has 0 radical (unpaired) electrons. The molecule has 0 spiro atoms. The van der Waals surface area contributed by atoms with Crippen molar-refractivity contribution in [2.45, 2.75) is 38.1 Å². The Balaban J connectivity index is 1.35. The van der Waals surface area contributed by atoms with Crippen molar-refractivity contribution < 1.29 is 9.59 Å². The third-order valence-corrected chi connectivity index (χ3v) is 7.30. The average molecular weight is 399 g/mol. The minimum absolute atomic E-state index is 0.0835. The topological polar surface area (TPSA) is 65.5 Å². The van der Waals surface area contributed by atoms with Crippen molar-refractivity contribution in [1.82, 2.24) is 20.1 Å². The molecule has 3 aliphatic heterocycles. The SMILES string of the molecule is O=C(NC1CC2CCN(C2)C1)c1cc2c(C(=O)N3CCCCC3)csc2cn1. The summed E-state index contributed by atoms with van der Waals surface area (Å²) in [7, 11) is 0. The highest BCUT2D eigenvalue weighted by Gasteiger charge is 2.33. The second-order valence-corrected chi connectivity index (χ2v) is 9.30. The number of aromatic nitrogens is 1. The summed E-state index contributed by atoms with van der Waals surface area (Å²) in [5.41, 5.74) is 1.12. The van der Waals surface area contributed by atoms with Crippen LogP contribution in [0.15, 0.2) is 17.6 Å². The predicted molar refractivity (Wildman–Crippen MR) is 110 cm³/mol. The molecule has 148 valence electrons. The van der Waals surface area contributed by atoms with Gasteiger partial charge in [-0.05, 0) is 50.6 Å². The molecule has 3 fully saturated rings. The quantitative estimate of drug-likeness (QED) is 0.863. The van der Waals surface area contributed by atoms with Gasteiger partial charge in [0, 0.05) is 49.2 Å². The molecule has 0 aliphatic carbocycles. The average Bonchev–Trinajstić information content (AvgIpc) is 3.30. The molecule has 0 aromatic carbocycles. The smallest absolute Gasteiger partial charge is 0.270 e. The molecule has 5 rings (SSSR count). The monoisotopic (exact) mass is 398 g/mol. The minimum atomic E-state index is -0.128. The van der Waals surface area contributed by atoms with Gasteiger partial charge in [-0.1, -0.05) is 0 Å². The van der Waals surface area contributed by atoms with Crippen molar-refractivity contribution in [1.29, 1.82) is 0 Å². The normalized spacial score (nSPS) is 27.1. The van der Waals surface area contributed by atoms with Gasteiger partial charge < -0.3 is 15.1 Å². The summed E-state index contributed by atoms with van der Waals surface area (Å²) in [6.07, 6.45) is 7.37. The van der Waals surface area contributed by atoms with E-state index in [4.69, 9.17) is 0 Å². The zero-order valence-electron chi connectivity index (χ0n) is 16.0. The fourth-order valence-electron chi connectivity index (χ4n) is 4.91. The Labute approximate surface area is 168 Å². The lowest BCUT2D eigenvalue weighted by Gasteiger charge is -2.30. The van der Waals surface area contributed by atoms with E-state index in [1.54, 1.807) is 12.3 Å². The lowest BCUT2D eigenvalue weighted by atomic mass is 9.97. The Kier molecular flexibility index (Phi) is 4.80. The van der Waals surface area contributed by atoms with Gasteiger partial charge in [-0.3, -0.25) is 9.59 Å². The summed E-state index contributed by atoms with van der Waals surface area (Å²) in [6, 6.07) is 2.00. The molecule has 3 atom stereocenters. The van der Waals surface area contributed by atoms with Crippen molar-refractivity contribution in [3.8, 4) is 0 Å². The van der Waals surface area contributed by atoms with Crippen molar-refractivity contribution in [3.63, 3.8) is 0 Å². The maximum atomic E-state index is 13.0. The molecular formula is C21H26N4O2S. The van der Waals surface area contributed by atoms with E-state index in [2.05, 4.69) is 15.2 Å². The number of thiophene rings is 1. The van der Waals surface area contributed by atoms with Gasteiger partial charge in [-0.2, -0.15) is 0 Å². The fourth-order valence-corrected chi connectivity index (χ4v) is 5.80. The molecule has 2 bridgehead atoms. The summed E-state index contributed by atoms with van der Waals surface area (Å²) < 4.78 is 0.957. The molecule has 3 unspecified atom stereocenters. The van der Waals surface area contributed by atoms with Gasteiger partial charge in [0.1, 0.15) is 5.69 Å². The second kappa shape index (κ2) is 7.44. The van der Waals surface area contributed by atoms with Gasteiger partial charge in [0.25, 0.3) is 11.8 Å². The van der Waals surface area contributed by atoms with E-state index in [1.165, 1.54) is 30.7 Å². The summed E-state index contributed by atoms with van der Waals surface area (Å²) in [5, 5.41) is 5.94. The van der Waals surface area contributed by atoms with Gasteiger partial charge >= 0.3 is 0 Å². The van der Waals surface area contributed by atoms with E-state index in [0.717, 1.165) is 55.5 Å². The van der Waals surface area contributed by atoms with Gasteiger partial charge in [0.2, 0.25) is 0 Å². The van der Waals surface area contributed by atoms with Crippen LogP contribution in [0.3, 0.4) is 0 Å². The number of carbonyl (C=O) groups excluding carboxylic acids is 2. The molecule has 28 heavy (non-hydrogen) atoms. The highest BCUT2D eigenvalue weighted by Crippen LogP contribution is 2.29. The number of piperidine rings is 2. The Hall–Kier alpha value is -1.99. The summed E-state index contributed by atoms with van der Waals surface area (Å²) in [6.45, 7) is 4.91. The van der Waals surface area contributed by atoms with Crippen molar-refractivity contribution in [3.05, 3.63) is 28.9 Å². The molecule has 1 N–H and O–H groups in total. The zero-order chi connectivity index (χ0) is 19.1. The van der Waals surface area contributed by atoms with Gasteiger partial charge in [0.15, 0.2) is 0 Å². The highest BCUT2D eigenvalue weighted by molar-refractivity contribution is 7.17. The molecule has 5 heterocycles. The maximum Gasteiger partial charge on any atom is 0.270 e. The number of rotatable bonds is 3. The minimum Gasteiger partial charge on any atom is -0.347 e. The predicted octanol–water partition coefficient (Wildman–Crippen LogP) is 2.75. The van der Waals surface area contributed by atoms with Crippen LogP contribution >= 0.6 is 11.3 Å². The maximum absolute atomic E-state index is 13.0. The molecule has 7 heteroatoms. The lowest BCUT2D eigenvalue weighted by Crippen LogP contribution is -2.47. The van der Waals surface area contributed by atoms with Crippen molar-refractivity contribution in [2.24, 2.45) is 5.92 Å². The Morgan fingerprint density at radius 3 is 2.82 bits per heavy atom. The van der Waals surface area contributed by atoms with Crippen LogP contribution in [0.1, 0.15) is 53.0 Å². The van der Waals surface area contributed by atoms with E-state index in [9.17, 15) is 9.59 Å². The number of hydrogen-bond donors (Lipinski definition) is 1. The number of likely N-dealkylation sites (tertiary alicyclic amines) is 1. The van der Waals surface area contributed by atoms with E-state index in [-0.39, 0.29) is 17.9 Å². The molecule has 2 aromatic rings. The second-order valence-electron chi connectivity index (χ2n) is 8.39. The standard InChI is InChI=1S/C21H26N4O2S/c26-20(23-15-8-14-4-7-24(11-14)12-15)18-9-16-17(13-28-19(16)10-22-18)21(27)25-5-2-1-3-6-25/h9-10,13-15H,1-8,11-12H2,(H,23,26). The summed E-state index contributed by atoms with van der Waals surface area (Å²) in [4.78, 5) is 34.5. The third-order valence-electron chi connectivity index (χ3n) is 6.37. The van der Waals surface area contributed by atoms with E-state index < -0.39 is 0 Å². The molecular weight excluding hydrogens is 372 g/mol. The van der Waals surface area contributed by atoms with Crippen LogP contribution in [0.2, 0.25) is 0 Å². The van der Waals surface area contributed by atoms with Crippen LogP contribution < -0.4 is 5.32 Å². The van der Waals surface area contributed by atoms with E-state index >= 15 is 0 Å². The molecule has 6 nitrogen and oxygen atoms in total. The fraction of sp³-hybridized carbons (Fsp3) is 0.571.